The van der Waals surface area contributed by atoms with Crippen LogP contribution in [0.25, 0.3) is 0 Å². The van der Waals surface area contributed by atoms with E-state index in [0.29, 0.717) is 6.07 Å². The summed E-state index contributed by atoms with van der Waals surface area (Å²) in [7, 11) is 0. The molecule has 0 saturated heterocycles. The third kappa shape index (κ3) is 6.99. The summed E-state index contributed by atoms with van der Waals surface area (Å²) in [6, 6.07) is 0.0425. The number of nitrogens with two attached hydrogens (primary N) is 1. The quantitative estimate of drug-likeness (QED) is 0.215. The minimum Gasteiger partial charge on any atom is -0.463 e. The Morgan fingerprint density at radius 2 is 1.97 bits per heavy atom. The van der Waals surface area contributed by atoms with Crippen LogP contribution in [0.2, 0.25) is 0 Å². The molecule has 8 nitrogen and oxygen atoms in total. The summed E-state index contributed by atoms with van der Waals surface area (Å²) >= 11 is 0. The van der Waals surface area contributed by atoms with E-state index < -0.39 is 60.4 Å². The number of amides is 1. The summed E-state index contributed by atoms with van der Waals surface area (Å²) in [5.41, 5.74) is 3.38. The first kappa shape index (κ1) is 26.2. The first-order valence-electron chi connectivity index (χ1n) is 9.28. The SMILES string of the molecule is C#CCOc1cnc(C(=O)Nc2cc(F)c(F)c([C@H](CF)C[C@@H](OC(=N)N)C(F)(F)F)c2)cn1. The fraction of sp³-hybridized carbons (Fsp3) is 0.300. The number of hydrogen-bond donors (Lipinski definition) is 3. The van der Waals surface area contributed by atoms with Crippen molar-refractivity contribution in [3.63, 3.8) is 0 Å². The van der Waals surface area contributed by atoms with Crippen molar-refractivity contribution in [3.8, 4) is 18.2 Å². The van der Waals surface area contributed by atoms with Crippen molar-refractivity contribution < 1.29 is 40.6 Å². The first-order chi connectivity index (χ1) is 16.0. The van der Waals surface area contributed by atoms with Crippen molar-refractivity contribution in [2.75, 3.05) is 18.6 Å². The summed E-state index contributed by atoms with van der Waals surface area (Å²) in [6.45, 7) is -1.63. The lowest BCUT2D eigenvalue weighted by Crippen LogP contribution is -2.37. The number of ether oxygens (including phenoxy) is 2. The van der Waals surface area contributed by atoms with Gasteiger partial charge in [-0.25, -0.2) is 18.7 Å². The van der Waals surface area contributed by atoms with Gasteiger partial charge in [-0.3, -0.25) is 14.6 Å². The van der Waals surface area contributed by atoms with Crippen LogP contribution in [-0.4, -0.2) is 47.5 Å². The van der Waals surface area contributed by atoms with Crippen molar-refractivity contribution in [1.82, 2.24) is 9.97 Å². The maximum absolute atomic E-state index is 14.3. The van der Waals surface area contributed by atoms with Crippen molar-refractivity contribution in [2.24, 2.45) is 5.73 Å². The van der Waals surface area contributed by atoms with Crippen LogP contribution in [-0.2, 0) is 4.74 Å². The molecular formula is C20H17F6N5O3. The van der Waals surface area contributed by atoms with Crippen LogP contribution in [0.4, 0.5) is 32.0 Å². The van der Waals surface area contributed by atoms with Gasteiger partial charge in [-0.1, -0.05) is 5.92 Å². The molecule has 1 aromatic carbocycles. The second kappa shape index (κ2) is 11.2. The number of carbonyl (C=O) groups excluding carboxylic acids is 1. The Bertz CT molecular complexity index is 1070. The molecule has 0 bridgehead atoms. The van der Waals surface area contributed by atoms with Gasteiger partial charge in [0.25, 0.3) is 11.9 Å². The second-order valence-electron chi connectivity index (χ2n) is 6.65. The normalized spacial score (nSPS) is 12.9. The van der Waals surface area contributed by atoms with Crippen molar-refractivity contribution in [1.29, 1.82) is 5.41 Å². The molecule has 0 aliphatic heterocycles. The van der Waals surface area contributed by atoms with Gasteiger partial charge < -0.3 is 20.5 Å². The number of anilines is 1. The summed E-state index contributed by atoms with van der Waals surface area (Å²) < 4.78 is 90.7. The number of halogens is 6. The summed E-state index contributed by atoms with van der Waals surface area (Å²) in [4.78, 5) is 19.9. The van der Waals surface area contributed by atoms with E-state index in [1.807, 2.05) is 0 Å². The van der Waals surface area contributed by atoms with Gasteiger partial charge in [0.2, 0.25) is 5.88 Å². The van der Waals surface area contributed by atoms with Gasteiger partial charge in [-0.05, 0) is 11.6 Å². The van der Waals surface area contributed by atoms with Crippen LogP contribution in [0.1, 0.15) is 28.4 Å². The van der Waals surface area contributed by atoms with Gasteiger partial charge >= 0.3 is 6.18 Å². The number of benzene rings is 1. The minimum atomic E-state index is -5.07. The topological polar surface area (TPSA) is 123 Å². The Hall–Kier alpha value is -4.02. The van der Waals surface area contributed by atoms with E-state index in [2.05, 4.69) is 25.9 Å². The molecule has 1 aromatic heterocycles. The zero-order chi connectivity index (χ0) is 25.5. The molecule has 4 N–H and O–H groups in total. The summed E-state index contributed by atoms with van der Waals surface area (Å²) in [5.74, 6) is -3.73. The van der Waals surface area contributed by atoms with Crippen molar-refractivity contribution >= 4 is 17.6 Å². The average molecular weight is 489 g/mol. The molecule has 2 rings (SSSR count). The van der Waals surface area contributed by atoms with Crippen LogP contribution in [0.3, 0.4) is 0 Å². The van der Waals surface area contributed by atoms with Gasteiger partial charge in [0.1, 0.15) is 5.69 Å². The van der Waals surface area contributed by atoms with E-state index in [-0.39, 0.29) is 23.9 Å². The van der Waals surface area contributed by atoms with E-state index in [9.17, 15) is 31.1 Å². The number of amidine groups is 1. The number of aromatic nitrogens is 2. The maximum Gasteiger partial charge on any atom is 0.425 e. The highest BCUT2D eigenvalue weighted by Gasteiger charge is 2.44. The zero-order valence-corrected chi connectivity index (χ0v) is 17.1. The molecule has 1 heterocycles. The molecule has 0 aliphatic rings. The minimum absolute atomic E-state index is 0.0161. The number of rotatable bonds is 9. The molecule has 0 fully saturated rings. The van der Waals surface area contributed by atoms with Crippen LogP contribution in [0.15, 0.2) is 24.5 Å². The number of terminal acetylenes is 1. The number of nitrogens with zero attached hydrogens (tertiary/aromatic N) is 2. The molecule has 182 valence electrons. The van der Waals surface area contributed by atoms with Crippen molar-refractivity contribution in [3.05, 3.63) is 47.4 Å². The van der Waals surface area contributed by atoms with Gasteiger partial charge in [0, 0.05) is 24.1 Å². The van der Waals surface area contributed by atoms with Crippen LogP contribution >= 0.6 is 0 Å². The largest absolute Gasteiger partial charge is 0.463 e. The highest BCUT2D eigenvalue weighted by atomic mass is 19.4. The molecule has 0 spiro atoms. The zero-order valence-electron chi connectivity index (χ0n) is 17.1. The lowest BCUT2D eigenvalue weighted by molar-refractivity contribution is -0.202. The fourth-order valence-corrected chi connectivity index (χ4v) is 2.73. The molecule has 1 amide bonds. The molecule has 0 aliphatic carbocycles. The lowest BCUT2D eigenvalue weighted by atomic mass is 9.92. The van der Waals surface area contributed by atoms with E-state index in [1.54, 1.807) is 0 Å². The molecule has 0 saturated carbocycles. The van der Waals surface area contributed by atoms with E-state index in [1.165, 1.54) is 0 Å². The molecule has 0 radical (unpaired) electrons. The van der Waals surface area contributed by atoms with E-state index in [4.69, 9.17) is 22.3 Å². The highest BCUT2D eigenvalue weighted by Crippen LogP contribution is 2.35. The molecule has 2 aromatic rings. The van der Waals surface area contributed by atoms with Gasteiger partial charge in [-0.2, -0.15) is 13.2 Å². The predicted octanol–water partition coefficient (Wildman–Crippen LogP) is 3.30. The monoisotopic (exact) mass is 489 g/mol. The van der Waals surface area contributed by atoms with E-state index >= 15 is 0 Å². The Labute approximate surface area is 189 Å². The van der Waals surface area contributed by atoms with Crippen LogP contribution in [0, 0.1) is 29.4 Å². The number of alkyl halides is 4. The van der Waals surface area contributed by atoms with Gasteiger partial charge in [0.15, 0.2) is 24.3 Å². The Morgan fingerprint density at radius 1 is 1.26 bits per heavy atom. The third-order valence-electron chi connectivity index (χ3n) is 4.24. The average Bonchev–Trinajstić information content (AvgIpc) is 2.77. The smallest absolute Gasteiger partial charge is 0.425 e. The number of nitrogens with one attached hydrogen (secondary N) is 2. The number of carbonyl (C=O) groups is 1. The van der Waals surface area contributed by atoms with Crippen LogP contribution in [0.5, 0.6) is 5.88 Å². The van der Waals surface area contributed by atoms with E-state index in [0.717, 1.165) is 18.5 Å². The molecule has 34 heavy (non-hydrogen) atoms. The van der Waals surface area contributed by atoms with Crippen molar-refractivity contribution in [2.45, 2.75) is 24.6 Å². The fourth-order valence-electron chi connectivity index (χ4n) is 2.73. The Kier molecular flexibility index (Phi) is 8.65. The first-order valence-corrected chi connectivity index (χ1v) is 9.28. The standard InChI is InChI=1S/C20H17F6N5O3/c1-2-3-33-16-9-29-14(8-30-16)18(32)31-11-5-12(17(23)13(22)6-11)10(7-21)4-15(20(24,25)26)34-19(27)28/h1,5-6,8-10,15H,3-4,7H2,(H3,27,28)(H,31,32)/t10-,15+/m0/s1. The second-order valence-corrected chi connectivity index (χ2v) is 6.65. The lowest BCUT2D eigenvalue weighted by Gasteiger charge is -2.25. The van der Waals surface area contributed by atoms with Gasteiger partial charge in [0.05, 0.1) is 19.1 Å². The molecular weight excluding hydrogens is 472 g/mol. The maximum atomic E-state index is 14.3. The summed E-state index contributed by atoms with van der Waals surface area (Å²) in [5, 5.41) is 9.05. The molecule has 2 atom stereocenters. The number of hydrogen-bond acceptors (Lipinski definition) is 6. The third-order valence-corrected chi connectivity index (χ3v) is 4.24. The van der Waals surface area contributed by atoms with Gasteiger partial charge in [-0.15, -0.1) is 6.42 Å². The van der Waals surface area contributed by atoms with Crippen LogP contribution < -0.4 is 15.8 Å². The summed E-state index contributed by atoms with van der Waals surface area (Å²) in [6.07, 6.45) is -1.93. The molecule has 0 unspecified atom stereocenters. The Morgan fingerprint density at radius 3 is 2.50 bits per heavy atom. The highest BCUT2D eigenvalue weighted by molar-refractivity contribution is 6.02. The molecule has 14 heteroatoms. The Balaban J connectivity index is 2.28. The predicted molar refractivity (Wildman–Crippen MR) is 107 cm³/mol.